The number of carbonyl (C=O) groups excluding carboxylic acids is 1. The third-order valence-corrected chi connectivity index (χ3v) is 7.32. The predicted octanol–water partition coefficient (Wildman–Crippen LogP) is 1.47. The second kappa shape index (κ2) is 7.85. The summed E-state index contributed by atoms with van der Waals surface area (Å²) in [5.41, 5.74) is 5.79. The normalized spacial score (nSPS) is 28.0. The van der Waals surface area contributed by atoms with Gasteiger partial charge in [-0.2, -0.15) is 4.31 Å². The Kier molecular flexibility index (Phi) is 5.76. The van der Waals surface area contributed by atoms with Gasteiger partial charge >= 0.3 is 0 Å². The van der Waals surface area contributed by atoms with Gasteiger partial charge in [-0.25, -0.2) is 8.42 Å². The van der Waals surface area contributed by atoms with Gasteiger partial charge in [-0.15, -0.1) is 0 Å². The van der Waals surface area contributed by atoms with Gasteiger partial charge in [-0.1, -0.05) is 31.0 Å². The van der Waals surface area contributed by atoms with Crippen molar-refractivity contribution < 1.29 is 13.2 Å². The van der Waals surface area contributed by atoms with E-state index in [0.29, 0.717) is 25.4 Å². The highest BCUT2D eigenvalue weighted by Crippen LogP contribution is 2.28. The van der Waals surface area contributed by atoms with Gasteiger partial charge < -0.3 is 11.1 Å². The molecule has 3 rings (SSSR count). The van der Waals surface area contributed by atoms with Crippen LogP contribution in [0.15, 0.2) is 35.2 Å². The third kappa shape index (κ3) is 3.88. The van der Waals surface area contributed by atoms with Crippen molar-refractivity contribution in [3.63, 3.8) is 0 Å². The summed E-state index contributed by atoms with van der Waals surface area (Å²) in [7, 11) is -3.66. The molecule has 0 spiro atoms. The molecule has 1 aromatic rings. The molecule has 0 bridgehead atoms. The van der Waals surface area contributed by atoms with E-state index in [1.54, 1.807) is 30.3 Å². The first-order valence-corrected chi connectivity index (χ1v) is 10.6. The molecule has 1 saturated carbocycles. The highest BCUT2D eigenvalue weighted by Gasteiger charge is 2.39. The molecule has 3 N–H and O–H groups in total. The lowest BCUT2D eigenvalue weighted by Gasteiger charge is -2.34. The van der Waals surface area contributed by atoms with Crippen LogP contribution in [0.25, 0.3) is 0 Å². The molecule has 1 aliphatic heterocycles. The van der Waals surface area contributed by atoms with Gasteiger partial charge in [0, 0.05) is 12.6 Å². The second-order valence-electron chi connectivity index (χ2n) is 6.98. The molecule has 138 valence electrons. The summed E-state index contributed by atoms with van der Waals surface area (Å²) in [6, 6.07) is 7.80. The van der Waals surface area contributed by atoms with E-state index in [9.17, 15) is 13.2 Å². The van der Waals surface area contributed by atoms with Gasteiger partial charge in [-0.3, -0.25) is 4.79 Å². The Morgan fingerprint density at radius 2 is 1.88 bits per heavy atom. The molecule has 1 aromatic carbocycles. The minimum absolute atomic E-state index is 0.0701. The van der Waals surface area contributed by atoms with Gasteiger partial charge in [0.1, 0.15) is 6.04 Å². The van der Waals surface area contributed by atoms with Crippen LogP contribution in [0.4, 0.5) is 0 Å². The highest BCUT2D eigenvalue weighted by molar-refractivity contribution is 7.89. The average Bonchev–Trinajstić information content (AvgIpc) is 3.09. The average molecular weight is 365 g/mol. The summed E-state index contributed by atoms with van der Waals surface area (Å²) in [5.74, 6) is 0.122. The van der Waals surface area contributed by atoms with Crippen molar-refractivity contribution in [2.24, 2.45) is 11.7 Å². The fraction of sp³-hybridized carbons (Fsp3) is 0.611. The third-order valence-electron chi connectivity index (χ3n) is 5.40. The van der Waals surface area contributed by atoms with Crippen molar-refractivity contribution in [3.05, 3.63) is 30.3 Å². The maximum Gasteiger partial charge on any atom is 0.243 e. The summed E-state index contributed by atoms with van der Waals surface area (Å²) in [4.78, 5) is 13.1. The van der Waals surface area contributed by atoms with Crippen LogP contribution in [0.5, 0.6) is 0 Å². The number of hydrogen-bond acceptors (Lipinski definition) is 4. The number of nitrogens with one attached hydrogen (secondary N) is 1. The number of piperidine rings is 1. The molecule has 1 heterocycles. The van der Waals surface area contributed by atoms with Crippen LogP contribution >= 0.6 is 0 Å². The highest BCUT2D eigenvalue weighted by atomic mass is 32.2. The summed E-state index contributed by atoms with van der Waals surface area (Å²) in [6.45, 7) is 0.946. The molecule has 6 nitrogen and oxygen atoms in total. The molecular weight excluding hydrogens is 338 g/mol. The molecule has 25 heavy (non-hydrogen) atoms. The molecule has 1 aliphatic carbocycles. The number of carbonyl (C=O) groups is 1. The summed E-state index contributed by atoms with van der Waals surface area (Å²) >= 11 is 0. The van der Waals surface area contributed by atoms with Crippen molar-refractivity contribution in [2.75, 3.05) is 13.1 Å². The van der Waals surface area contributed by atoms with Crippen molar-refractivity contribution in [1.82, 2.24) is 9.62 Å². The van der Waals surface area contributed by atoms with Crippen molar-refractivity contribution >= 4 is 15.9 Å². The Balaban J connectivity index is 1.78. The van der Waals surface area contributed by atoms with E-state index < -0.39 is 16.1 Å². The minimum atomic E-state index is -3.66. The molecule has 3 atom stereocenters. The maximum atomic E-state index is 13.0. The number of benzene rings is 1. The van der Waals surface area contributed by atoms with E-state index in [2.05, 4.69) is 5.32 Å². The zero-order valence-corrected chi connectivity index (χ0v) is 15.2. The standard InChI is InChI=1S/C18H27N3O3S/c19-13-14-7-6-10-16(14)20-18(22)17-11-4-5-12-21(17)25(23,24)15-8-2-1-3-9-15/h1-3,8-9,14,16-17H,4-7,10-13,19H2,(H,20,22). The zero-order chi connectivity index (χ0) is 17.9. The first kappa shape index (κ1) is 18.4. The van der Waals surface area contributed by atoms with Crippen LogP contribution in [0.2, 0.25) is 0 Å². The summed E-state index contributed by atoms with van der Waals surface area (Å²) in [5, 5.41) is 3.08. The van der Waals surface area contributed by atoms with Gasteiger partial charge in [0.2, 0.25) is 15.9 Å². The van der Waals surface area contributed by atoms with E-state index in [4.69, 9.17) is 5.73 Å². The van der Waals surface area contributed by atoms with E-state index in [1.807, 2.05) is 0 Å². The van der Waals surface area contributed by atoms with Gasteiger partial charge in [0.05, 0.1) is 4.90 Å². The smallest absolute Gasteiger partial charge is 0.243 e. The second-order valence-corrected chi connectivity index (χ2v) is 8.87. The monoisotopic (exact) mass is 365 g/mol. The number of sulfonamides is 1. The lowest BCUT2D eigenvalue weighted by Crippen LogP contribution is -2.54. The Morgan fingerprint density at radius 1 is 1.12 bits per heavy atom. The summed E-state index contributed by atoms with van der Waals surface area (Å²) < 4.78 is 27.4. The van der Waals surface area contributed by atoms with Crippen LogP contribution in [0.1, 0.15) is 38.5 Å². The first-order valence-electron chi connectivity index (χ1n) is 9.11. The molecule has 0 radical (unpaired) electrons. The van der Waals surface area contributed by atoms with Crippen LogP contribution in [0, 0.1) is 5.92 Å². The van der Waals surface area contributed by atoms with Crippen LogP contribution in [-0.2, 0) is 14.8 Å². The molecular formula is C18H27N3O3S. The number of amides is 1. The number of hydrogen-bond donors (Lipinski definition) is 2. The Morgan fingerprint density at radius 3 is 2.60 bits per heavy atom. The fourth-order valence-corrected chi connectivity index (χ4v) is 5.65. The van der Waals surface area contributed by atoms with Crippen molar-refractivity contribution in [3.8, 4) is 0 Å². The minimum Gasteiger partial charge on any atom is -0.352 e. The van der Waals surface area contributed by atoms with Crippen LogP contribution in [0.3, 0.4) is 0 Å². The molecule has 0 aromatic heterocycles. The van der Waals surface area contributed by atoms with Gasteiger partial charge in [0.25, 0.3) is 0 Å². The van der Waals surface area contributed by atoms with Crippen LogP contribution < -0.4 is 11.1 Å². The topological polar surface area (TPSA) is 92.5 Å². The molecule has 3 unspecified atom stereocenters. The first-order chi connectivity index (χ1) is 12.0. The molecule has 2 aliphatic rings. The lowest BCUT2D eigenvalue weighted by molar-refractivity contribution is -0.126. The van der Waals surface area contributed by atoms with E-state index in [0.717, 1.165) is 32.1 Å². The molecule has 1 saturated heterocycles. The van der Waals surface area contributed by atoms with E-state index in [1.165, 1.54) is 4.31 Å². The van der Waals surface area contributed by atoms with E-state index >= 15 is 0 Å². The molecule has 2 fully saturated rings. The van der Waals surface area contributed by atoms with Gasteiger partial charge in [0.15, 0.2) is 0 Å². The van der Waals surface area contributed by atoms with Crippen LogP contribution in [-0.4, -0.2) is 43.8 Å². The molecule has 7 heteroatoms. The van der Waals surface area contributed by atoms with Gasteiger partial charge in [-0.05, 0) is 50.3 Å². The fourth-order valence-electron chi connectivity index (χ4n) is 3.97. The predicted molar refractivity (Wildman–Crippen MR) is 96.3 cm³/mol. The SMILES string of the molecule is NCC1CCCC1NC(=O)C1CCCCN1S(=O)(=O)c1ccccc1. The summed E-state index contributed by atoms with van der Waals surface area (Å²) in [6.07, 6.45) is 5.22. The Labute approximate surface area is 149 Å². The molecule has 1 amide bonds. The number of nitrogens with zero attached hydrogens (tertiary/aromatic N) is 1. The van der Waals surface area contributed by atoms with Crippen molar-refractivity contribution in [1.29, 1.82) is 0 Å². The lowest BCUT2D eigenvalue weighted by atomic mass is 10.0. The Hall–Kier alpha value is -1.44. The number of rotatable bonds is 5. The zero-order valence-electron chi connectivity index (χ0n) is 14.4. The Bertz CT molecular complexity index is 693. The largest absolute Gasteiger partial charge is 0.352 e. The maximum absolute atomic E-state index is 13.0. The number of nitrogens with two attached hydrogens (primary N) is 1. The van der Waals surface area contributed by atoms with Crippen molar-refractivity contribution in [2.45, 2.75) is 55.5 Å². The van der Waals surface area contributed by atoms with E-state index in [-0.39, 0.29) is 16.8 Å². The quantitative estimate of drug-likeness (QED) is 0.826.